The molecule has 1 aromatic rings. The standard InChI is InChI=1S/C9H5ClF5NO2/c10-7-3(1-5(17)18)6(8(11)12)4(2-16-7)9(13,14)15/h2,8H,1H2,(H,17,18). The maximum Gasteiger partial charge on any atom is 0.418 e. The summed E-state index contributed by atoms with van der Waals surface area (Å²) in [6, 6.07) is 0. The number of carboxylic acid groups (broad SMARTS) is 1. The molecule has 0 aliphatic heterocycles. The summed E-state index contributed by atoms with van der Waals surface area (Å²) in [6.45, 7) is 0. The van der Waals surface area contributed by atoms with Crippen molar-refractivity contribution in [2.24, 2.45) is 0 Å². The van der Waals surface area contributed by atoms with E-state index in [1.165, 1.54) is 0 Å². The van der Waals surface area contributed by atoms with E-state index in [2.05, 4.69) is 4.98 Å². The molecule has 0 spiro atoms. The predicted octanol–water partition coefficient (Wildman–Crippen LogP) is 3.32. The zero-order valence-corrected chi connectivity index (χ0v) is 9.19. The molecule has 0 aromatic carbocycles. The van der Waals surface area contributed by atoms with Crippen molar-refractivity contribution < 1.29 is 31.9 Å². The van der Waals surface area contributed by atoms with Gasteiger partial charge in [0.1, 0.15) is 5.15 Å². The summed E-state index contributed by atoms with van der Waals surface area (Å²) in [5, 5.41) is 7.80. The Morgan fingerprint density at radius 3 is 2.39 bits per heavy atom. The number of hydrogen-bond donors (Lipinski definition) is 1. The largest absolute Gasteiger partial charge is 0.481 e. The fourth-order valence-electron chi connectivity index (χ4n) is 1.34. The molecule has 0 saturated carbocycles. The van der Waals surface area contributed by atoms with Crippen molar-refractivity contribution in [3.05, 3.63) is 28.0 Å². The highest BCUT2D eigenvalue weighted by Gasteiger charge is 2.38. The molecule has 1 heterocycles. The van der Waals surface area contributed by atoms with E-state index in [4.69, 9.17) is 16.7 Å². The van der Waals surface area contributed by atoms with Gasteiger partial charge in [0.25, 0.3) is 6.43 Å². The topological polar surface area (TPSA) is 50.2 Å². The maximum atomic E-state index is 12.7. The molecule has 0 fully saturated rings. The molecule has 0 amide bonds. The van der Waals surface area contributed by atoms with E-state index in [9.17, 15) is 26.7 Å². The first-order chi connectivity index (χ1) is 8.14. The zero-order chi connectivity index (χ0) is 14.1. The minimum Gasteiger partial charge on any atom is -0.481 e. The van der Waals surface area contributed by atoms with Crippen LogP contribution in [-0.4, -0.2) is 16.1 Å². The number of hydrogen-bond acceptors (Lipinski definition) is 2. The highest BCUT2D eigenvalue weighted by molar-refractivity contribution is 6.30. The number of nitrogens with zero attached hydrogens (tertiary/aromatic N) is 1. The van der Waals surface area contributed by atoms with Crippen LogP contribution in [0, 0.1) is 0 Å². The van der Waals surface area contributed by atoms with Gasteiger partial charge in [-0.1, -0.05) is 11.6 Å². The third-order valence-electron chi connectivity index (χ3n) is 2.02. The van der Waals surface area contributed by atoms with Gasteiger partial charge in [-0.05, 0) is 0 Å². The Morgan fingerprint density at radius 2 is 2.00 bits per heavy atom. The Balaban J connectivity index is 3.52. The average molecular weight is 290 g/mol. The van der Waals surface area contributed by atoms with Gasteiger partial charge < -0.3 is 5.11 Å². The van der Waals surface area contributed by atoms with Gasteiger partial charge in [-0.25, -0.2) is 13.8 Å². The highest BCUT2D eigenvalue weighted by atomic mass is 35.5. The minimum atomic E-state index is -5.06. The summed E-state index contributed by atoms with van der Waals surface area (Å²) in [5.41, 5.74) is -3.95. The number of carbonyl (C=O) groups is 1. The van der Waals surface area contributed by atoms with Gasteiger partial charge in [-0.2, -0.15) is 13.2 Å². The first-order valence-corrected chi connectivity index (χ1v) is 4.76. The van der Waals surface area contributed by atoms with Crippen LogP contribution in [-0.2, 0) is 17.4 Å². The van der Waals surface area contributed by atoms with Gasteiger partial charge in [0.05, 0.1) is 12.0 Å². The van der Waals surface area contributed by atoms with Crippen molar-refractivity contribution in [1.29, 1.82) is 0 Å². The van der Waals surface area contributed by atoms with Gasteiger partial charge in [-0.3, -0.25) is 4.79 Å². The Bertz CT molecular complexity index is 475. The molecule has 18 heavy (non-hydrogen) atoms. The Kier molecular flexibility index (Phi) is 4.10. The summed E-state index contributed by atoms with van der Waals surface area (Å²) in [4.78, 5) is 13.5. The predicted molar refractivity (Wildman–Crippen MR) is 50.5 cm³/mol. The van der Waals surface area contributed by atoms with Crippen molar-refractivity contribution in [3.8, 4) is 0 Å². The third-order valence-corrected chi connectivity index (χ3v) is 2.35. The van der Waals surface area contributed by atoms with E-state index in [0.29, 0.717) is 0 Å². The van der Waals surface area contributed by atoms with Gasteiger partial charge in [0, 0.05) is 17.3 Å². The minimum absolute atomic E-state index is 0.162. The van der Waals surface area contributed by atoms with Crippen LogP contribution in [0.2, 0.25) is 5.15 Å². The number of pyridine rings is 1. The lowest BCUT2D eigenvalue weighted by atomic mass is 10.0. The van der Waals surface area contributed by atoms with E-state index < -0.39 is 46.8 Å². The molecule has 0 radical (unpaired) electrons. The van der Waals surface area contributed by atoms with Crippen LogP contribution >= 0.6 is 11.6 Å². The van der Waals surface area contributed by atoms with Crippen molar-refractivity contribution >= 4 is 17.6 Å². The molecule has 3 nitrogen and oxygen atoms in total. The first-order valence-electron chi connectivity index (χ1n) is 4.39. The molecule has 0 unspecified atom stereocenters. The fourth-order valence-corrected chi connectivity index (χ4v) is 1.55. The van der Waals surface area contributed by atoms with Gasteiger partial charge >= 0.3 is 12.1 Å². The fraction of sp³-hybridized carbons (Fsp3) is 0.333. The lowest BCUT2D eigenvalue weighted by molar-refractivity contribution is -0.140. The van der Waals surface area contributed by atoms with Crippen molar-refractivity contribution in [2.75, 3.05) is 0 Å². The van der Waals surface area contributed by atoms with Crippen LogP contribution in [0.5, 0.6) is 0 Å². The monoisotopic (exact) mass is 289 g/mol. The van der Waals surface area contributed by atoms with Crippen LogP contribution < -0.4 is 0 Å². The quantitative estimate of drug-likeness (QED) is 0.686. The van der Waals surface area contributed by atoms with Crippen LogP contribution in [0.3, 0.4) is 0 Å². The Hall–Kier alpha value is -1.44. The van der Waals surface area contributed by atoms with Crippen molar-refractivity contribution in [1.82, 2.24) is 4.98 Å². The lowest BCUT2D eigenvalue weighted by Crippen LogP contribution is -2.15. The number of halogens is 6. The van der Waals surface area contributed by atoms with E-state index in [1.807, 2.05) is 0 Å². The normalized spacial score (nSPS) is 11.9. The summed E-state index contributed by atoms with van der Waals surface area (Å²) in [6.07, 6.45) is -9.46. The van der Waals surface area contributed by atoms with Crippen molar-refractivity contribution in [3.63, 3.8) is 0 Å². The number of aromatic nitrogens is 1. The highest BCUT2D eigenvalue weighted by Crippen LogP contribution is 2.39. The Labute approximate surface area is 102 Å². The summed E-state index contributed by atoms with van der Waals surface area (Å²) < 4.78 is 62.8. The van der Waals surface area contributed by atoms with Crippen LogP contribution in [0.25, 0.3) is 0 Å². The summed E-state index contributed by atoms with van der Waals surface area (Å²) >= 11 is 5.36. The molecular formula is C9H5ClF5NO2. The summed E-state index contributed by atoms with van der Waals surface area (Å²) in [7, 11) is 0. The molecular weight excluding hydrogens is 285 g/mol. The second kappa shape index (κ2) is 5.05. The molecule has 0 aliphatic carbocycles. The van der Waals surface area contributed by atoms with Crippen LogP contribution in [0.1, 0.15) is 23.1 Å². The molecule has 0 bridgehead atoms. The van der Waals surface area contributed by atoms with Gasteiger partial charge in [-0.15, -0.1) is 0 Å². The van der Waals surface area contributed by atoms with E-state index in [-0.39, 0.29) is 6.20 Å². The Morgan fingerprint density at radius 1 is 1.44 bits per heavy atom. The number of carboxylic acids is 1. The molecule has 1 N–H and O–H groups in total. The van der Waals surface area contributed by atoms with Crippen LogP contribution in [0.15, 0.2) is 6.20 Å². The molecule has 9 heteroatoms. The smallest absolute Gasteiger partial charge is 0.418 e. The molecule has 1 aromatic heterocycles. The molecule has 0 saturated heterocycles. The molecule has 100 valence electrons. The SMILES string of the molecule is O=C(O)Cc1c(Cl)ncc(C(F)(F)F)c1C(F)F. The number of rotatable bonds is 3. The molecule has 0 aliphatic rings. The molecule has 1 rings (SSSR count). The van der Waals surface area contributed by atoms with Gasteiger partial charge in [0.2, 0.25) is 0 Å². The lowest BCUT2D eigenvalue weighted by Gasteiger charge is -2.16. The average Bonchev–Trinajstić information content (AvgIpc) is 2.17. The zero-order valence-electron chi connectivity index (χ0n) is 8.43. The third kappa shape index (κ3) is 3.06. The molecule has 0 atom stereocenters. The maximum absolute atomic E-state index is 12.7. The van der Waals surface area contributed by atoms with E-state index >= 15 is 0 Å². The summed E-state index contributed by atoms with van der Waals surface area (Å²) in [5.74, 6) is -1.58. The van der Waals surface area contributed by atoms with Crippen LogP contribution in [0.4, 0.5) is 22.0 Å². The van der Waals surface area contributed by atoms with Gasteiger partial charge in [0.15, 0.2) is 0 Å². The van der Waals surface area contributed by atoms with Crippen molar-refractivity contribution in [2.45, 2.75) is 19.0 Å². The van der Waals surface area contributed by atoms with E-state index in [0.717, 1.165) is 0 Å². The second-order valence-electron chi connectivity index (χ2n) is 3.22. The van der Waals surface area contributed by atoms with E-state index in [1.54, 1.807) is 0 Å². The second-order valence-corrected chi connectivity index (χ2v) is 3.58. The number of alkyl halides is 5. The first kappa shape index (κ1) is 14.6. The number of aliphatic carboxylic acids is 1.